The van der Waals surface area contributed by atoms with E-state index in [-0.39, 0.29) is 6.04 Å². The number of aromatic amines is 1. The zero-order valence-electron chi connectivity index (χ0n) is 10.8. The van der Waals surface area contributed by atoms with Gasteiger partial charge in [0.05, 0.1) is 24.4 Å². The molecule has 96 valence electrons. The maximum absolute atomic E-state index is 5.44. The predicted molar refractivity (Wildman–Crippen MR) is 68.6 cm³/mol. The molecule has 2 heterocycles. The molecule has 6 nitrogen and oxygen atoms in total. The van der Waals surface area contributed by atoms with Gasteiger partial charge >= 0.3 is 0 Å². The number of ether oxygens (including phenoxy) is 1. The number of nitrogens with one attached hydrogen (secondary N) is 2. The van der Waals surface area contributed by atoms with Crippen LogP contribution in [-0.4, -0.2) is 26.8 Å². The van der Waals surface area contributed by atoms with Gasteiger partial charge in [0.1, 0.15) is 12.1 Å². The first-order valence-corrected chi connectivity index (χ1v) is 5.92. The number of nitrogens with zero attached hydrogens (tertiary/aromatic N) is 3. The van der Waals surface area contributed by atoms with Gasteiger partial charge in [-0.25, -0.2) is 9.97 Å². The standard InChI is InChI=1S/C12H17N5O/c1-4-18-12-8(2)11(13-7-14-12)17-9(3)10-5-15-16-6-10/h5-7,9H,4H2,1-3H3,(H,15,16)(H,13,14,17). The van der Waals surface area contributed by atoms with Crippen molar-refractivity contribution in [3.63, 3.8) is 0 Å². The predicted octanol–water partition coefficient (Wildman–Crippen LogP) is 2.08. The summed E-state index contributed by atoms with van der Waals surface area (Å²) >= 11 is 0. The maximum atomic E-state index is 5.44. The number of hydrogen-bond acceptors (Lipinski definition) is 5. The summed E-state index contributed by atoms with van der Waals surface area (Å²) in [6.45, 7) is 6.51. The highest BCUT2D eigenvalue weighted by atomic mass is 16.5. The monoisotopic (exact) mass is 247 g/mol. The van der Waals surface area contributed by atoms with E-state index in [1.807, 2.05) is 27.0 Å². The highest BCUT2D eigenvalue weighted by Gasteiger charge is 2.12. The van der Waals surface area contributed by atoms with Gasteiger partial charge in [-0.15, -0.1) is 0 Å². The van der Waals surface area contributed by atoms with Gasteiger partial charge in [0.15, 0.2) is 0 Å². The fraction of sp³-hybridized carbons (Fsp3) is 0.417. The van der Waals surface area contributed by atoms with Crippen molar-refractivity contribution in [3.05, 3.63) is 29.8 Å². The van der Waals surface area contributed by atoms with Gasteiger partial charge in [0.2, 0.25) is 5.88 Å². The average Bonchev–Trinajstić information content (AvgIpc) is 2.88. The van der Waals surface area contributed by atoms with E-state index in [0.29, 0.717) is 12.5 Å². The molecule has 0 fully saturated rings. The molecule has 2 rings (SSSR count). The first kappa shape index (κ1) is 12.3. The van der Waals surface area contributed by atoms with E-state index >= 15 is 0 Å². The van der Waals surface area contributed by atoms with Crippen LogP contribution in [0, 0.1) is 6.92 Å². The first-order valence-electron chi connectivity index (χ1n) is 5.92. The second-order valence-corrected chi connectivity index (χ2v) is 3.98. The molecule has 0 saturated heterocycles. The molecule has 6 heteroatoms. The molecule has 2 N–H and O–H groups in total. The molecule has 0 spiro atoms. The molecule has 18 heavy (non-hydrogen) atoms. The molecule has 1 atom stereocenters. The number of aromatic nitrogens is 4. The van der Waals surface area contributed by atoms with Crippen LogP contribution >= 0.6 is 0 Å². The van der Waals surface area contributed by atoms with E-state index < -0.39 is 0 Å². The zero-order valence-corrected chi connectivity index (χ0v) is 10.8. The van der Waals surface area contributed by atoms with Crippen LogP contribution in [0.5, 0.6) is 5.88 Å². The van der Waals surface area contributed by atoms with Crippen LogP contribution in [0.15, 0.2) is 18.7 Å². The molecule has 0 aromatic carbocycles. The summed E-state index contributed by atoms with van der Waals surface area (Å²) in [6.07, 6.45) is 5.15. The van der Waals surface area contributed by atoms with Crippen LogP contribution in [0.4, 0.5) is 5.82 Å². The summed E-state index contributed by atoms with van der Waals surface area (Å²) in [6, 6.07) is 0.117. The van der Waals surface area contributed by atoms with Crippen LogP contribution in [0.2, 0.25) is 0 Å². The topological polar surface area (TPSA) is 75.7 Å². The lowest BCUT2D eigenvalue weighted by molar-refractivity contribution is 0.324. The van der Waals surface area contributed by atoms with Crippen molar-refractivity contribution in [2.45, 2.75) is 26.8 Å². The smallest absolute Gasteiger partial charge is 0.221 e. The first-order chi connectivity index (χ1) is 8.72. The lowest BCUT2D eigenvalue weighted by Gasteiger charge is -2.15. The summed E-state index contributed by atoms with van der Waals surface area (Å²) in [5.41, 5.74) is 1.99. The molecule has 0 aliphatic rings. The molecular weight excluding hydrogens is 230 g/mol. The zero-order chi connectivity index (χ0) is 13.0. The molecule has 2 aromatic heterocycles. The Morgan fingerprint density at radius 3 is 2.94 bits per heavy atom. The molecule has 0 radical (unpaired) electrons. The summed E-state index contributed by atoms with van der Waals surface area (Å²) in [7, 11) is 0. The quantitative estimate of drug-likeness (QED) is 0.846. The van der Waals surface area contributed by atoms with E-state index in [9.17, 15) is 0 Å². The number of hydrogen-bond donors (Lipinski definition) is 2. The minimum absolute atomic E-state index is 0.117. The van der Waals surface area contributed by atoms with Crippen molar-refractivity contribution in [2.75, 3.05) is 11.9 Å². The number of H-pyrrole nitrogens is 1. The largest absolute Gasteiger partial charge is 0.478 e. The minimum atomic E-state index is 0.117. The van der Waals surface area contributed by atoms with Gasteiger partial charge in [0, 0.05) is 11.8 Å². The highest BCUT2D eigenvalue weighted by Crippen LogP contribution is 2.24. The van der Waals surface area contributed by atoms with Crippen LogP contribution in [0.3, 0.4) is 0 Å². The average molecular weight is 247 g/mol. The summed E-state index contributed by atoms with van der Waals surface area (Å²) in [5, 5.41) is 10.0. The fourth-order valence-corrected chi connectivity index (χ4v) is 1.65. The van der Waals surface area contributed by atoms with Crippen molar-refractivity contribution in [1.82, 2.24) is 20.2 Å². The number of anilines is 1. The normalized spacial score (nSPS) is 12.2. The molecule has 0 bridgehead atoms. The minimum Gasteiger partial charge on any atom is -0.478 e. The molecule has 0 amide bonds. The van der Waals surface area contributed by atoms with Crippen LogP contribution in [-0.2, 0) is 0 Å². The van der Waals surface area contributed by atoms with Crippen molar-refractivity contribution in [1.29, 1.82) is 0 Å². The van der Waals surface area contributed by atoms with Gasteiger partial charge in [0.25, 0.3) is 0 Å². The Labute approximate surface area is 106 Å². The SMILES string of the molecule is CCOc1ncnc(NC(C)c2cn[nH]c2)c1C. The Bertz CT molecular complexity index is 497. The van der Waals surface area contributed by atoms with Crippen LogP contribution in [0.25, 0.3) is 0 Å². The van der Waals surface area contributed by atoms with E-state index in [4.69, 9.17) is 4.74 Å². The third-order valence-electron chi connectivity index (χ3n) is 2.69. The molecule has 0 saturated carbocycles. The lowest BCUT2D eigenvalue weighted by atomic mass is 10.2. The Morgan fingerprint density at radius 2 is 2.28 bits per heavy atom. The lowest BCUT2D eigenvalue weighted by Crippen LogP contribution is -2.10. The third kappa shape index (κ3) is 2.58. The fourth-order valence-electron chi connectivity index (χ4n) is 1.65. The van der Waals surface area contributed by atoms with Crippen molar-refractivity contribution >= 4 is 5.82 Å². The summed E-state index contributed by atoms with van der Waals surface area (Å²) < 4.78 is 5.44. The summed E-state index contributed by atoms with van der Waals surface area (Å²) in [5.74, 6) is 1.40. The Morgan fingerprint density at radius 1 is 1.44 bits per heavy atom. The third-order valence-corrected chi connectivity index (χ3v) is 2.69. The molecule has 0 aliphatic carbocycles. The Hall–Kier alpha value is -2.11. The van der Waals surface area contributed by atoms with Crippen LogP contribution in [0.1, 0.15) is 31.0 Å². The van der Waals surface area contributed by atoms with Crippen molar-refractivity contribution in [3.8, 4) is 5.88 Å². The Kier molecular flexibility index (Phi) is 3.76. The van der Waals surface area contributed by atoms with Gasteiger partial charge < -0.3 is 10.1 Å². The van der Waals surface area contributed by atoms with E-state index in [1.165, 1.54) is 6.33 Å². The number of rotatable bonds is 5. The van der Waals surface area contributed by atoms with Crippen molar-refractivity contribution < 1.29 is 4.74 Å². The van der Waals surface area contributed by atoms with E-state index in [2.05, 4.69) is 25.5 Å². The van der Waals surface area contributed by atoms with Gasteiger partial charge in [-0.3, -0.25) is 5.10 Å². The Balaban J connectivity index is 2.16. The maximum Gasteiger partial charge on any atom is 0.221 e. The van der Waals surface area contributed by atoms with Gasteiger partial charge in [-0.05, 0) is 20.8 Å². The molecule has 2 aromatic rings. The van der Waals surface area contributed by atoms with Crippen molar-refractivity contribution in [2.24, 2.45) is 0 Å². The molecular formula is C12H17N5O. The summed E-state index contributed by atoms with van der Waals surface area (Å²) in [4.78, 5) is 8.35. The highest BCUT2D eigenvalue weighted by molar-refractivity contribution is 5.48. The second kappa shape index (κ2) is 5.48. The van der Waals surface area contributed by atoms with Gasteiger partial charge in [-0.2, -0.15) is 5.10 Å². The van der Waals surface area contributed by atoms with Gasteiger partial charge in [-0.1, -0.05) is 0 Å². The molecule has 0 aliphatic heterocycles. The molecule has 1 unspecified atom stereocenters. The van der Waals surface area contributed by atoms with E-state index in [1.54, 1.807) is 6.20 Å². The second-order valence-electron chi connectivity index (χ2n) is 3.98. The van der Waals surface area contributed by atoms with E-state index in [0.717, 1.165) is 16.9 Å². The van der Waals surface area contributed by atoms with Crippen LogP contribution < -0.4 is 10.1 Å².